The van der Waals surface area contributed by atoms with Gasteiger partial charge in [0.15, 0.2) is 65.6 Å². The first-order chi connectivity index (χ1) is 42.0. The number of aliphatic hydroxyl groups is 11. The van der Waals surface area contributed by atoms with Crippen LogP contribution in [0, 0.1) is 0 Å². The molecule has 486 valence electrons. The van der Waals surface area contributed by atoms with Crippen molar-refractivity contribution in [1.82, 2.24) is 0 Å². The Bertz CT molecular complexity index is 2880. The maximum absolute atomic E-state index is 14.0. The summed E-state index contributed by atoms with van der Waals surface area (Å²) in [5.74, 6) is -7.65. The fourth-order valence-corrected chi connectivity index (χ4v) is 9.69. The van der Waals surface area contributed by atoms with E-state index in [9.17, 15) is 85.9 Å². The van der Waals surface area contributed by atoms with Crippen molar-refractivity contribution >= 4 is 36.1 Å². The Hall–Kier alpha value is -7.03. The quantitative estimate of drug-likeness (QED) is 0.0220. The molecule has 32 nitrogen and oxygen atoms in total. The maximum Gasteiger partial charge on any atom is 0.331 e. The minimum atomic E-state index is -2.94. The Kier molecular flexibility index (Phi) is 23.7. The Morgan fingerprint density at radius 1 is 0.477 bits per heavy atom. The molecule has 3 aromatic rings. The van der Waals surface area contributed by atoms with Gasteiger partial charge in [0.1, 0.15) is 92.6 Å². The van der Waals surface area contributed by atoms with Crippen LogP contribution in [0.3, 0.4) is 0 Å². The standard InChI is InChI=1S/C56H70O32/c1-74-28-14-24(6-10-27(28)61)7-12-38(63)83-50-35(21-59)87-56(23-60,52(50)84-39(64)13-9-26-17-31(77-4)41(66)32(18-26)78-5)88-55-51(45(70)43(68)36(82-55)22-79-37(62)11-8-25-15-29(75-2)40(65)30(16-25)76-3)86-54-48(73)46(71)49(34(20-58)81-54)85-53-47(72)44(69)42(67)33(19-57)80-53/h6-18,33-36,42-55,57-61,65-73H,19-23H2,1-5H3/t33-,34-,35-,36-,42-,43-,44+,45+,46-,47-,48-,49-,50-,51-,52+,53+,54+,55-,56+/m1/s1. The topological polar surface area (TPSA) is 473 Å². The number of aromatic hydroxyl groups is 3. The van der Waals surface area contributed by atoms with Crippen molar-refractivity contribution in [3.05, 3.63) is 77.4 Å². The number of rotatable bonds is 25. The van der Waals surface area contributed by atoms with E-state index >= 15 is 0 Å². The van der Waals surface area contributed by atoms with Gasteiger partial charge in [0.25, 0.3) is 0 Å². The van der Waals surface area contributed by atoms with E-state index in [1.807, 2.05) is 0 Å². The van der Waals surface area contributed by atoms with Crippen LogP contribution in [0.25, 0.3) is 18.2 Å². The third kappa shape index (κ3) is 15.3. The summed E-state index contributed by atoms with van der Waals surface area (Å²) in [7, 11) is 6.32. The molecule has 32 heteroatoms. The second-order valence-electron chi connectivity index (χ2n) is 19.9. The average molecular weight is 1260 g/mol. The van der Waals surface area contributed by atoms with Crippen LogP contribution in [0.15, 0.2) is 60.7 Å². The Morgan fingerprint density at radius 2 is 0.920 bits per heavy atom. The van der Waals surface area contributed by atoms with E-state index < -0.39 is 167 Å². The summed E-state index contributed by atoms with van der Waals surface area (Å²) in [6, 6.07) is 9.35. The number of hydrogen-bond donors (Lipinski definition) is 14. The van der Waals surface area contributed by atoms with E-state index in [2.05, 4.69) is 0 Å². The molecular weight excluding hydrogens is 1180 g/mol. The lowest BCUT2D eigenvalue weighted by atomic mass is 9.96. The van der Waals surface area contributed by atoms with E-state index in [1.165, 1.54) is 90.2 Å². The highest BCUT2D eigenvalue weighted by molar-refractivity contribution is 5.89. The highest BCUT2D eigenvalue weighted by atomic mass is 16.8. The van der Waals surface area contributed by atoms with Crippen molar-refractivity contribution in [3.8, 4) is 46.0 Å². The number of phenols is 3. The monoisotopic (exact) mass is 1250 g/mol. The van der Waals surface area contributed by atoms with Crippen LogP contribution >= 0.6 is 0 Å². The van der Waals surface area contributed by atoms with Crippen molar-refractivity contribution < 1.29 is 157 Å². The molecule has 4 fully saturated rings. The van der Waals surface area contributed by atoms with Crippen LogP contribution in [0.2, 0.25) is 0 Å². The number of methoxy groups -OCH3 is 5. The molecule has 0 unspecified atom stereocenters. The molecule has 4 heterocycles. The summed E-state index contributed by atoms with van der Waals surface area (Å²) < 4.78 is 84.1. The second kappa shape index (κ2) is 30.5. The third-order valence-electron chi connectivity index (χ3n) is 14.4. The summed E-state index contributed by atoms with van der Waals surface area (Å²) in [6.45, 7) is -5.43. The minimum Gasteiger partial charge on any atom is -0.504 e. The third-order valence-corrected chi connectivity index (χ3v) is 14.4. The normalized spacial score (nSPS) is 32.5. The zero-order valence-corrected chi connectivity index (χ0v) is 47.5. The molecule has 19 atom stereocenters. The molecule has 14 N–H and O–H groups in total. The molecule has 0 bridgehead atoms. The summed E-state index contributed by atoms with van der Waals surface area (Å²) in [6.07, 6.45) is -30.5. The number of hydrogen-bond acceptors (Lipinski definition) is 32. The fraction of sp³-hybridized carbons (Fsp3) is 0.518. The van der Waals surface area contributed by atoms with Gasteiger partial charge in [-0.05, 0) is 71.3 Å². The molecular formula is C56H70O32. The summed E-state index contributed by atoms with van der Waals surface area (Å²) in [4.78, 5) is 41.0. The van der Waals surface area contributed by atoms with Gasteiger partial charge in [-0.1, -0.05) is 6.07 Å². The van der Waals surface area contributed by atoms with Crippen molar-refractivity contribution in [1.29, 1.82) is 0 Å². The van der Waals surface area contributed by atoms with Gasteiger partial charge in [0.2, 0.25) is 17.3 Å². The van der Waals surface area contributed by atoms with E-state index in [-0.39, 0.29) is 57.1 Å². The predicted molar refractivity (Wildman–Crippen MR) is 290 cm³/mol. The first-order valence-electron chi connectivity index (χ1n) is 26.7. The van der Waals surface area contributed by atoms with Crippen LogP contribution < -0.4 is 23.7 Å². The highest BCUT2D eigenvalue weighted by Gasteiger charge is 2.63. The molecule has 0 aliphatic carbocycles. The maximum atomic E-state index is 14.0. The molecule has 7 rings (SSSR count). The van der Waals surface area contributed by atoms with E-state index in [1.54, 1.807) is 0 Å². The lowest BCUT2D eigenvalue weighted by molar-refractivity contribution is -0.412. The number of benzene rings is 3. The van der Waals surface area contributed by atoms with E-state index in [4.69, 9.17) is 71.1 Å². The summed E-state index contributed by atoms with van der Waals surface area (Å²) >= 11 is 0. The van der Waals surface area contributed by atoms with Crippen molar-refractivity contribution in [2.45, 2.75) is 116 Å². The average Bonchev–Trinajstić information content (AvgIpc) is 2.37. The van der Waals surface area contributed by atoms with Gasteiger partial charge >= 0.3 is 17.9 Å². The Morgan fingerprint density at radius 3 is 1.44 bits per heavy atom. The van der Waals surface area contributed by atoms with Gasteiger partial charge in [-0.2, -0.15) is 0 Å². The SMILES string of the molecule is COc1cc(C=CC(=O)O[C@@H]2[C@@H](CO)O[C@@](CO)(O[C@H]3O[C@H](COC(=O)C=Cc4cc(OC)c(O)c(OC)c4)[C@@H](O)[C@H](O)[C@H]3O[C@@H]3O[C@H](CO)[C@@H](O[C@@H]4O[C@H](CO)[C@@H](O)[C@H](O)[C@H]4O)[C@H](O)[C@H]3O)[C@H]2OC(=O)C=Cc2cc(OC)c(O)c(OC)c2)ccc1O. The smallest absolute Gasteiger partial charge is 0.331 e. The van der Waals surface area contributed by atoms with Gasteiger partial charge < -0.3 is 143 Å². The first kappa shape index (κ1) is 68.5. The molecule has 0 aromatic heterocycles. The molecule has 4 saturated heterocycles. The molecule has 88 heavy (non-hydrogen) atoms. The van der Waals surface area contributed by atoms with Crippen LogP contribution in [0.4, 0.5) is 0 Å². The second-order valence-corrected chi connectivity index (χ2v) is 19.9. The predicted octanol–water partition coefficient (Wildman–Crippen LogP) is -3.79. The Labute approximate surface area is 500 Å². The summed E-state index contributed by atoms with van der Waals surface area (Å²) in [5, 5.41) is 152. The van der Waals surface area contributed by atoms with E-state index in [0.29, 0.717) is 5.56 Å². The largest absolute Gasteiger partial charge is 0.504 e. The van der Waals surface area contributed by atoms with E-state index in [0.717, 1.165) is 24.3 Å². The highest BCUT2D eigenvalue weighted by Crippen LogP contribution is 2.43. The lowest BCUT2D eigenvalue weighted by Crippen LogP contribution is -2.67. The zero-order valence-electron chi connectivity index (χ0n) is 47.5. The number of aliphatic hydroxyl groups excluding tert-OH is 11. The van der Waals surface area contributed by atoms with Gasteiger partial charge in [0.05, 0.1) is 55.4 Å². The molecule has 0 amide bonds. The van der Waals surface area contributed by atoms with Gasteiger partial charge in [-0.25, -0.2) is 14.4 Å². The number of esters is 3. The number of phenolic OH excluding ortho intramolecular Hbond substituents is 3. The first-order valence-corrected chi connectivity index (χ1v) is 26.7. The number of carbonyl (C=O) groups excluding carboxylic acids is 3. The fourth-order valence-electron chi connectivity index (χ4n) is 9.69. The lowest BCUT2D eigenvalue weighted by Gasteiger charge is -2.49. The molecule has 0 spiro atoms. The molecule has 0 radical (unpaired) electrons. The van der Waals surface area contributed by atoms with Crippen molar-refractivity contribution in [2.24, 2.45) is 0 Å². The number of carbonyl (C=O) groups is 3. The van der Waals surface area contributed by atoms with Crippen molar-refractivity contribution in [2.75, 3.05) is 68.6 Å². The van der Waals surface area contributed by atoms with Crippen LogP contribution in [-0.2, 0) is 61.8 Å². The van der Waals surface area contributed by atoms with Crippen LogP contribution in [-0.4, -0.2) is 274 Å². The Balaban J connectivity index is 1.24. The van der Waals surface area contributed by atoms with Crippen molar-refractivity contribution in [3.63, 3.8) is 0 Å². The number of ether oxygens (including phenoxy) is 15. The molecule has 3 aromatic carbocycles. The zero-order chi connectivity index (χ0) is 64.3. The van der Waals surface area contributed by atoms with Gasteiger partial charge in [-0.15, -0.1) is 0 Å². The van der Waals surface area contributed by atoms with Crippen LogP contribution in [0.1, 0.15) is 16.7 Å². The van der Waals surface area contributed by atoms with Gasteiger partial charge in [-0.3, -0.25) is 0 Å². The molecule has 0 saturated carbocycles. The molecule has 4 aliphatic heterocycles. The van der Waals surface area contributed by atoms with Crippen LogP contribution in [0.5, 0.6) is 46.0 Å². The minimum absolute atomic E-state index is 0.0215. The van der Waals surface area contributed by atoms with Gasteiger partial charge in [0, 0.05) is 18.2 Å². The molecule has 4 aliphatic rings. The summed E-state index contributed by atoms with van der Waals surface area (Å²) in [5.41, 5.74) is 0.751.